The molecule has 2 aliphatic heterocycles. The SMILES string of the molecule is Cc1ccc(C[C@@H]2C[C@@H](C(=O)NCc3ccc4c(cnn4C)c3)N(C(=O)[C@H]3[C@@H](C(=O)O)CCCN3C(=O)O)C2)cc1. The number of rotatable bonds is 7. The van der Waals surface area contributed by atoms with E-state index in [9.17, 15) is 29.4 Å². The standard InChI is InChI=1S/C30H35N5O6/c1-18-5-7-19(8-6-18)12-21-14-25(27(36)31-15-20-9-10-24-22(13-20)16-32-33(24)2)35(17-21)28(37)26-23(29(38)39)4-3-11-34(26)30(40)41/h5-10,13,16,21,23,25-26H,3-4,11-12,14-15,17H2,1-2H3,(H,31,36)(H,38,39)(H,40,41)/t21-,23+,25+,26-/m1/s1. The molecule has 3 amide bonds. The minimum absolute atomic E-state index is 0.0469. The molecule has 2 aliphatic rings. The number of aryl methyl sites for hydroxylation is 2. The zero-order valence-corrected chi connectivity index (χ0v) is 23.2. The van der Waals surface area contributed by atoms with Crippen LogP contribution in [0.15, 0.2) is 48.7 Å². The number of piperidine rings is 1. The molecule has 3 aromatic rings. The van der Waals surface area contributed by atoms with Gasteiger partial charge < -0.3 is 20.4 Å². The van der Waals surface area contributed by atoms with E-state index in [1.807, 2.05) is 56.4 Å². The van der Waals surface area contributed by atoms with Gasteiger partial charge in [0.2, 0.25) is 11.8 Å². The molecule has 0 saturated carbocycles. The first-order valence-electron chi connectivity index (χ1n) is 13.9. The van der Waals surface area contributed by atoms with Crippen molar-refractivity contribution >= 4 is 34.8 Å². The van der Waals surface area contributed by atoms with Crippen molar-refractivity contribution < 1.29 is 29.4 Å². The number of carbonyl (C=O) groups excluding carboxylic acids is 2. The van der Waals surface area contributed by atoms with Crippen LogP contribution in [0.2, 0.25) is 0 Å². The Bertz CT molecular complexity index is 1450. The number of likely N-dealkylation sites (tertiary alicyclic amines) is 2. The van der Waals surface area contributed by atoms with Crippen LogP contribution in [0.1, 0.15) is 36.0 Å². The van der Waals surface area contributed by atoms with Gasteiger partial charge in [0, 0.05) is 32.1 Å². The predicted octanol–water partition coefficient (Wildman–Crippen LogP) is 2.80. The van der Waals surface area contributed by atoms with Gasteiger partial charge in [-0.25, -0.2) is 4.79 Å². The van der Waals surface area contributed by atoms with Crippen molar-refractivity contribution in [2.75, 3.05) is 13.1 Å². The fourth-order valence-electron chi connectivity index (χ4n) is 6.19. The van der Waals surface area contributed by atoms with Gasteiger partial charge in [0.25, 0.3) is 0 Å². The van der Waals surface area contributed by atoms with Gasteiger partial charge in [-0.15, -0.1) is 0 Å². The van der Waals surface area contributed by atoms with Gasteiger partial charge in [-0.2, -0.15) is 5.10 Å². The maximum Gasteiger partial charge on any atom is 0.408 e. The molecule has 2 aromatic carbocycles. The quantitative estimate of drug-likeness (QED) is 0.402. The number of fused-ring (bicyclic) bond motifs is 1. The first-order valence-corrected chi connectivity index (χ1v) is 13.9. The number of carboxylic acids is 1. The number of hydrogen-bond acceptors (Lipinski definition) is 5. The van der Waals surface area contributed by atoms with E-state index in [1.54, 1.807) is 10.9 Å². The molecule has 11 nitrogen and oxygen atoms in total. The Morgan fingerprint density at radius 1 is 1.02 bits per heavy atom. The van der Waals surface area contributed by atoms with Crippen molar-refractivity contribution in [3.05, 3.63) is 65.4 Å². The van der Waals surface area contributed by atoms with Gasteiger partial charge in [-0.1, -0.05) is 35.9 Å². The molecule has 0 unspecified atom stereocenters. The molecule has 4 atom stereocenters. The van der Waals surface area contributed by atoms with Crippen molar-refractivity contribution in [1.82, 2.24) is 24.9 Å². The minimum atomic E-state index is -1.37. The third-order valence-electron chi connectivity index (χ3n) is 8.34. The van der Waals surface area contributed by atoms with Crippen molar-refractivity contribution in [2.24, 2.45) is 18.9 Å². The van der Waals surface area contributed by atoms with Crippen LogP contribution >= 0.6 is 0 Å². The highest BCUT2D eigenvalue weighted by atomic mass is 16.4. The van der Waals surface area contributed by atoms with Crippen LogP contribution in [0.4, 0.5) is 4.79 Å². The molecule has 0 spiro atoms. The van der Waals surface area contributed by atoms with Crippen LogP contribution in [0.5, 0.6) is 0 Å². The predicted molar refractivity (Wildman–Crippen MR) is 150 cm³/mol. The summed E-state index contributed by atoms with van der Waals surface area (Å²) in [5.41, 5.74) is 4.05. The second-order valence-electron chi connectivity index (χ2n) is 11.2. The lowest BCUT2D eigenvalue weighted by Crippen LogP contribution is -2.60. The van der Waals surface area contributed by atoms with Crippen molar-refractivity contribution in [1.29, 1.82) is 0 Å². The number of amides is 3. The maximum atomic E-state index is 14.0. The summed E-state index contributed by atoms with van der Waals surface area (Å²) in [5.74, 6) is -3.40. The Hall–Kier alpha value is -4.41. The molecular weight excluding hydrogens is 526 g/mol. The van der Waals surface area contributed by atoms with Gasteiger partial charge in [0.05, 0.1) is 17.6 Å². The Labute approximate surface area is 237 Å². The summed E-state index contributed by atoms with van der Waals surface area (Å²) in [7, 11) is 1.86. The number of carbonyl (C=O) groups is 4. The van der Waals surface area contributed by atoms with E-state index in [-0.39, 0.29) is 37.9 Å². The summed E-state index contributed by atoms with van der Waals surface area (Å²) in [5, 5.41) is 27.8. The van der Waals surface area contributed by atoms with Crippen LogP contribution in [0.3, 0.4) is 0 Å². The van der Waals surface area contributed by atoms with E-state index >= 15 is 0 Å². The molecule has 5 rings (SSSR count). The summed E-state index contributed by atoms with van der Waals surface area (Å²) in [6.45, 7) is 2.56. The zero-order chi connectivity index (χ0) is 29.3. The van der Waals surface area contributed by atoms with Crippen LogP contribution in [-0.2, 0) is 34.4 Å². The highest BCUT2D eigenvalue weighted by Crippen LogP contribution is 2.32. The third kappa shape index (κ3) is 5.89. The zero-order valence-electron chi connectivity index (χ0n) is 23.2. The molecule has 2 saturated heterocycles. The molecule has 2 fully saturated rings. The number of aromatic nitrogens is 2. The first-order chi connectivity index (χ1) is 19.6. The molecule has 11 heteroatoms. The Morgan fingerprint density at radius 2 is 1.76 bits per heavy atom. The fourth-order valence-corrected chi connectivity index (χ4v) is 6.19. The number of nitrogens with one attached hydrogen (secondary N) is 1. The van der Waals surface area contributed by atoms with Crippen LogP contribution < -0.4 is 5.32 Å². The molecule has 1 aromatic heterocycles. The van der Waals surface area contributed by atoms with E-state index in [2.05, 4.69) is 10.4 Å². The normalized spacial score (nSPS) is 22.6. The maximum absolute atomic E-state index is 14.0. The van der Waals surface area contributed by atoms with Crippen LogP contribution in [-0.4, -0.2) is 78.8 Å². The molecule has 0 aliphatic carbocycles. The van der Waals surface area contributed by atoms with E-state index in [4.69, 9.17) is 0 Å². The lowest BCUT2D eigenvalue weighted by molar-refractivity contribution is -0.154. The third-order valence-corrected chi connectivity index (χ3v) is 8.34. The van der Waals surface area contributed by atoms with Crippen LogP contribution in [0.25, 0.3) is 10.9 Å². The molecule has 3 N–H and O–H groups in total. The summed E-state index contributed by atoms with van der Waals surface area (Å²) in [6, 6.07) is 11.7. The molecule has 216 valence electrons. The number of benzene rings is 2. The Balaban J connectivity index is 1.38. The van der Waals surface area contributed by atoms with Gasteiger partial charge in [-0.05, 0) is 61.8 Å². The smallest absolute Gasteiger partial charge is 0.408 e. The van der Waals surface area contributed by atoms with Gasteiger partial charge in [0.1, 0.15) is 12.1 Å². The Kier molecular flexibility index (Phi) is 7.96. The molecule has 0 radical (unpaired) electrons. The first kappa shape index (κ1) is 28.1. The average molecular weight is 562 g/mol. The van der Waals surface area contributed by atoms with Crippen molar-refractivity contribution in [3.8, 4) is 0 Å². The summed E-state index contributed by atoms with van der Waals surface area (Å²) in [4.78, 5) is 54.0. The van der Waals surface area contributed by atoms with Crippen molar-refractivity contribution in [3.63, 3.8) is 0 Å². The summed E-state index contributed by atoms with van der Waals surface area (Å²) < 4.78 is 1.77. The molecular formula is C30H35N5O6. The topological polar surface area (TPSA) is 145 Å². The van der Waals surface area contributed by atoms with Gasteiger partial charge >= 0.3 is 12.1 Å². The van der Waals surface area contributed by atoms with Crippen LogP contribution in [0, 0.1) is 18.8 Å². The Morgan fingerprint density at radius 3 is 2.46 bits per heavy atom. The lowest BCUT2D eigenvalue weighted by atomic mass is 9.88. The number of carboxylic acid groups (broad SMARTS) is 2. The number of aliphatic carboxylic acids is 1. The van der Waals surface area contributed by atoms with E-state index in [1.165, 1.54) is 4.90 Å². The minimum Gasteiger partial charge on any atom is -0.481 e. The van der Waals surface area contributed by atoms with Crippen molar-refractivity contribution in [2.45, 2.75) is 51.2 Å². The second-order valence-corrected chi connectivity index (χ2v) is 11.2. The lowest BCUT2D eigenvalue weighted by Gasteiger charge is -2.39. The molecule has 3 heterocycles. The monoisotopic (exact) mass is 561 g/mol. The second kappa shape index (κ2) is 11.6. The molecule has 41 heavy (non-hydrogen) atoms. The van der Waals surface area contributed by atoms with Gasteiger partial charge in [-0.3, -0.25) is 24.0 Å². The van der Waals surface area contributed by atoms with E-state index in [0.717, 1.165) is 32.5 Å². The highest BCUT2D eigenvalue weighted by molar-refractivity contribution is 5.94. The average Bonchev–Trinajstić information content (AvgIpc) is 3.55. The summed E-state index contributed by atoms with van der Waals surface area (Å²) in [6.07, 6.45) is 2.01. The van der Waals surface area contributed by atoms with Gasteiger partial charge in [0.15, 0.2) is 0 Å². The van der Waals surface area contributed by atoms with E-state index in [0.29, 0.717) is 19.3 Å². The van der Waals surface area contributed by atoms with E-state index < -0.39 is 36.0 Å². The highest BCUT2D eigenvalue weighted by Gasteiger charge is 2.49. The largest absolute Gasteiger partial charge is 0.481 e. The fraction of sp³-hybridized carbons (Fsp3) is 0.433. The number of hydrogen-bond donors (Lipinski definition) is 3. The summed E-state index contributed by atoms with van der Waals surface area (Å²) >= 11 is 0. The number of nitrogens with zero attached hydrogens (tertiary/aromatic N) is 4. The molecule has 0 bridgehead atoms.